The van der Waals surface area contributed by atoms with Crippen LogP contribution in [0.1, 0.15) is 24.8 Å². The van der Waals surface area contributed by atoms with Gasteiger partial charge < -0.3 is 9.41 Å². The number of aryl methyl sites for hydroxylation is 1. The number of hydrogen-bond acceptors (Lipinski definition) is 0. The van der Waals surface area contributed by atoms with Crippen molar-refractivity contribution in [3.05, 3.63) is 96.4 Å². The summed E-state index contributed by atoms with van der Waals surface area (Å²) < 4.78 is 0. The Morgan fingerprint density at radius 1 is 1.00 bits per heavy atom. The number of fused-ring (bicyclic) bond motifs is 2. The van der Waals surface area contributed by atoms with Gasteiger partial charge in [-0.05, 0) is 30.1 Å². The van der Waals surface area contributed by atoms with Gasteiger partial charge in [0.25, 0.3) is 0 Å². The zero-order valence-corrected chi connectivity index (χ0v) is 20.0. The molecule has 0 aromatic heterocycles. The maximum Gasteiger partial charge on any atom is 4.00 e. The van der Waals surface area contributed by atoms with Gasteiger partial charge in [0, 0.05) is 0 Å². The maximum atomic E-state index is 2.37. The molecule has 0 aliphatic heterocycles. The third-order valence-corrected chi connectivity index (χ3v) is 6.66. The molecule has 1 saturated carbocycles. The Bertz CT molecular complexity index is 925. The van der Waals surface area contributed by atoms with Crippen molar-refractivity contribution in [1.82, 2.24) is 0 Å². The van der Waals surface area contributed by atoms with E-state index < -0.39 is 0 Å². The molecule has 0 N–H and O–H groups in total. The molecule has 0 bridgehead atoms. The first-order chi connectivity index (χ1) is 12.8. The van der Waals surface area contributed by atoms with E-state index in [9.17, 15) is 0 Å². The largest absolute Gasteiger partial charge is 4.00 e. The summed E-state index contributed by atoms with van der Waals surface area (Å²) in [6.45, 7) is 2.19. The fraction of sp³-hybridized carbons (Fsp3) is 0.200. The van der Waals surface area contributed by atoms with Crippen LogP contribution >= 0.6 is 8.58 Å². The topological polar surface area (TPSA) is 0 Å². The van der Waals surface area contributed by atoms with Gasteiger partial charge in [-0.1, -0.05) is 45.3 Å². The normalized spacial score (nSPS) is 16.4. The molecule has 0 spiro atoms. The van der Waals surface area contributed by atoms with E-state index in [-0.39, 0.29) is 35.6 Å². The van der Waals surface area contributed by atoms with Crippen LogP contribution in [-0.4, -0.2) is 0 Å². The molecule has 0 radical (unpaired) electrons. The number of allylic oxidation sites excluding steroid dienone is 4. The van der Waals surface area contributed by atoms with Gasteiger partial charge >= 0.3 is 26.2 Å². The second-order valence-corrected chi connectivity index (χ2v) is 8.49. The monoisotopic (exact) mass is 484 g/mol. The minimum absolute atomic E-state index is 0. The number of halogens is 2. The predicted octanol–water partition coefficient (Wildman–Crippen LogP) is -0.0111. The van der Waals surface area contributed by atoms with E-state index in [1.54, 1.807) is 5.57 Å². The molecule has 0 saturated heterocycles. The van der Waals surface area contributed by atoms with Crippen LogP contribution in [0.2, 0.25) is 0 Å². The fourth-order valence-corrected chi connectivity index (χ4v) is 4.98. The quantitative estimate of drug-likeness (QED) is 0.354. The Balaban J connectivity index is 0.000000302. The Morgan fingerprint density at radius 2 is 1.76 bits per heavy atom. The van der Waals surface area contributed by atoms with Gasteiger partial charge in [-0.25, -0.2) is 18.1 Å². The molecule has 29 heavy (non-hydrogen) atoms. The molecular weight excluding hydrogens is 460 g/mol. The summed E-state index contributed by atoms with van der Waals surface area (Å²) in [7, 11) is 0.759. The van der Waals surface area contributed by atoms with Gasteiger partial charge in [-0.3, -0.25) is 0 Å². The zero-order valence-electron chi connectivity index (χ0n) is 16.5. The molecule has 2 unspecified atom stereocenters. The molecule has 2 atom stereocenters. The van der Waals surface area contributed by atoms with Crippen molar-refractivity contribution in [2.45, 2.75) is 26.2 Å². The zero-order chi connectivity index (χ0) is 17.8. The van der Waals surface area contributed by atoms with Crippen LogP contribution in [0.3, 0.4) is 0 Å². The Hall–Kier alpha value is -1.43. The molecule has 3 aromatic rings. The predicted molar refractivity (Wildman–Crippen MR) is 117 cm³/mol. The molecule has 0 amide bonds. The van der Waals surface area contributed by atoms with Crippen molar-refractivity contribution < 1.29 is 35.6 Å². The van der Waals surface area contributed by atoms with Gasteiger partial charge in [0.1, 0.15) is 0 Å². The Labute approximate surface area is 193 Å². The van der Waals surface area contributed by atoms with Gasteiger partial charge in [-0.2, -0.15) is 6.07 Å². The van der Waals surface area contributed by atoms with Crippen LogP contribution in [0.5, 0.6) is 0 Å². The third kappa shape index (κ3) is 6.53. The van der Waals surface area contributed by atoms with Crippen LogP contribution in [0.15, 0.2) is 84.5 Å². The van der Waals surface area contributed by atoms with Crippen molar-refractivity contribution in [1.29, 1.82) is 0 Å². The van der Waals surface area contributed by atoms with Gasteiger partial charge in [0.05, 0.1) is 0 Å². The van der Waals surface area contributed by atoms with E-state index in [0.717, 1.165) is 14.5 Å². The van der Waals surface area contributed by atoms with Gasteiger partial charge in [0.15, 0.2) is 0 Å². The first-order valence-electron chi connectivity index (χ1n) is 9.48. The minimum atomic E-state index is 0. The molecule has 3 aromatic carbocycles. The smallest absolute Gasteiger partial charge is 1.00 e. The second kappa shape index (κ2) is 12.3. The molecule has 2 aliphatic carbocycles. The molecule has 2 aliphatic rings. The van der Waals surface area contributed by atoms with E-state index in [1.807, 2.05) is 0 Å². The maximum absolute atomic E-state index is 2.37. The molecule has 148 valence electrons. The van der Waals surface area contributed by atoms with E-state index >= 15 is 0 Å². The fourth-order valence-electron chi connectivity index (χ4n) is 3.76. The summed E-state index contributed by atoms with van der Waals surface area (Å²) in [5.74, 6) is 0.884. The summed E-state index contributed by atoms with van der Waals surface area (Å²) in [5, 5.41) is 5.58. The summed E-state index contributed by atoms with van der Waals surface area (Å²) in [4.78, 5) is 0. The van der Waals surface area contributed by atoms with Crippen molar-refractivity contribution >= 4 is 30.0 Å². The van der Waals surface area contributed by atoms with Crippen molar-refractivity contribution in [2.75, 3.05) is 0 Å². The van der Waals surface area contributed by atoms with Crippen molar-refractivity contribution in [2.24, 2.45) is 5.92 Å². The Morgan fingerprint density at radius 3 is 2.52 bits per heavy atom. The number of rotatable bonds is 2. The summed E-state index contributed by atoms with van der Waals surface area (Å²) in [6.07, 6.45) is 13.0. The number of benzene rings is 2. The summed E-state index contributed by atoms with van der Waals surface area (Å²) in [5.41, 5.74) is 2.97. The van der Waals surface area contributed by atoms with E-state index in [0.29, 0.717) is 0 Å². The Kier molecular flexibility index (Phi) is 10.9. The van der Waals surface area contributed by atoms with E-state index in [1.165, 1.54) is 46.2 Å². The van der Waals surface area contributed by atoms with Crippen molar-refractivity contribution in [3.63, 3.8) is 0 Å². The van der Waals surface area contributed by atoms with Crippen LogP contribution < -0.4 is 20.0 Å². The van der Waals surface area contributed by atoms with E-state index in [2.05, 4.69) is 92.2 Å². The van der Waals surface area contributed by atoms with Gasteiger partial charge in [0.2, 0.25) is 0 Å². The third-order valence-electron chi connectivity index (χ3n) is 5.25. The molecule has 5 rings (SSSR count). The summed E-state index contributed by atoms with van der Waals surface area (Å²) >= 11 is 0. The van der Waals surface area contributed by atoms with Crippen LogP contribution in [-0.2, 0) is 26.2 Å². The molecule has 0 heterocycles. The second-order valence-electron chi connectivity index (χ2n) is 7.12. The molecule has 4 heteroatoms. The minimum Gasteiger partial charge on any atom is -1.00 e. The molecule has 0 nitrogen and oxygen atoms in total. The van der Waals surface area contributed by atoms with Crippen LogP contribution in [0, 0.1) is 19.3 Å². The molecular formula is C25H25F2PZr. The average molecular weight is 486 g/mol. The number of hydrogen-bond donors (Lipinski definition) is 0. The summed E-state index contributed by atoms with van der Waals surface area (Å²) in [6, 6.07) is 21.8. The first-order valence-corrected chi connectivity index (χ1v) is 10.5. The average Bonchev–Trinajstić information content (AvgIpc) is 3.30. The van der Waals surface area contributed by atoms with Crippen LogP contribution in [0.4, 0.5) is 0 Å². The van der Waals surface area contributed by atoms with Gasteiger partial charge in [-0.15, -0.1) is 58.9 Å². The first kappa shape index (κ1) is 25.6. The standard InChI is InChI=1S/C16H14P.C9H11.2FH.Zr/c1-12-6-2-5-9-16(12)17-15-10-13-7-3-4-8-14(13)11-15;1-2-5-9-7-3-6-8(9)4-1;;;/h2-11,17H,1H3;1-2,4,6,9H,3,5,7H2;2*1H;/q2*-1;;;+4/p-2. The van der Waals surface area contributed by atoms with E-state index in [4.69, 9.17) is 0 Å². The SMILES string of the molecule is C1=CCC2CC[CH-]C2=C1.Cc1ccccc1Pc1cc2ccccc2[cH-]1.[F-].[F-].[Zr+4]. The molecule has 1 fully saturated rings. The van der Waals surface area contributed by atoms with Crippen LogP contribution in [0.25, 0.3) is 10.8 Å². The van der Waals surface area contributed by atoms with Crippen molar-refractivity contribution in [3.8, 4) is 0 Å².